The number of nitrogens with two attached hydrogens (primary N) is 1. The topological polar surface area (TPSA) is 44.5 Å². The molecule has 0 bridgehead atoms. The summed E-state index contributed by atoms with van der Waals surface area (Å²) < 4.78 is 10.8. The Bertz CT molecular complexity index is 121. The summed E-state index contributed by atoms with van der Waals surface area (Å²) in [7, 11) is 0. The van der Waals surface area contributed by atoms with Crippen LogP contribution in [-0.4, -0.2) is 33.0 Å². The summed E-state index contributed by atoms with van der Waals surface area (Å²) in [4.78, 5) is 0. The quantitative estimate of drug-likeness (QED) is 0.612. The van der Waals surface area contributed by atoms with Gasteiger partial charge in [0.25, 0.3) is 0 Å². The highest BCUT2D eigenvalue weighted by molar-refractivity contribution is 4.58. The Balaban J connectivity index is 2.99. The first-order chi connectivity index (χ1) is 6.56. The van der Waals surface area contributed by atoms with Crippen molar-refractivity contribution in [3.63, 3.8) is 0 Å². The number of rotatable bonds is 8. The van der Waals surface area contributed by atoms with E-state index in [0.717, 1.165) is 39.3 Å². The van der Waals surface area contributed by atoms with Crippen LogP contribution in [0.25, 0.3) is 0 Å². The van der Waals surface area contributed by atoms with Gasteiger partial charge in [0.15, 0.2) is 0 Å². The van der Waals surface area contributed by atoms with E-state index in [1.165, 1.54) is 0 Å². The van der Waals surface area contributed by atoms with Crippen LogP contribution in [0.4, 0.5) is 0 Å². The molecule has 0 amide bonds. The maximum atomic E-state index is 5.50. The molecule has 2 N–H and O–H groups in total. The third-order valence-corrected chi connectivity index (χ3v) is 1.61. The SMILES string of the molecule is CC(C)(C)COCCCOCCCN. The van der Waals surface area contributed by atoms with Gasteiger partial charge >= 0.3 is 0 Å². The van der Waals surface area contributed by atoms with Crippen molar-refractivity contribution in [1.82, 2.24) is 0 Å². The third-order valence-electron chi connectivity index (χ3n) is 1.61. The minimum atomic E-state index is 0.264. The number of hydrogen-bond donors (Lipinski definition) is 1. The Morgan fingerprint density at radius 1 is 0.929 bits per heavy atom. The number of ether oxygens (including phenoxy) is 2. The second kappa shape index (κ2) is 8.21. The molecule has 3 nitrogen and oxygen atoms in total. The van der Waals surface area contributed by atoms with E-state index in [0.29, 0.717) is 6.54 Å². The van der Waals surface area contributed by atoms with Crippen molar-refractivity contribution in [1.29, 1.82) is 0 Å². The molecule has 0 aliphatic rings. The zero-order valence-electron chi connectivity index (χ0n) is 9.84. The summed E-state index contributed by atoms with van der Waals surface area (Å²) in [5, 5.41) is 0. The second-order valence-electron chi connectivity index (χ2n) is 4.72. The standard InChI is InChI=1S/C11H25NO2/c1-11(2,3)10-14-9-5-8-13-7-4-6-12/h4-10,12H2,1-3H3. The lowest BCUT2D eigenvalue weighted by Gasteiger charge is -2.17. The molecular formula is C11H25NO2. The average Bonchev–Trinajstić information content (AvgIpc) is 2.08. The lowest BCUT2D eigenvalue weighted by molar-refractivity contribution is 0.0482. The molecule has 0 spiro atoms. The maximum absolute atomic E-state index is 5.50. The Morgan fingerprint density at radius 3 is 2.07 bits per heavy atom. The summed E-state index contributed by atoms with van der Waals surface area (Å²) in [6, 6.07) is 0. The lowest BCUT2D eigenvalue weighted by Crippen LogP contribution is -2.15. The van der Waals surface area contributed by atoms with Gasteiger partial charge in [-0.3, -0.25) is 0 Å². The molecular weight excluding hydrogens is 178 g/mol. The first-order valence-electron chi connectivity index (χ1n) is 5.42. The van der Waals surface area contributed by atoms with Crippen LogP contribution in [0.1, 0.15) is 33.6 Å². The molecule has 0 rings (SSSR count). The molecule has 3 heteroatoms. The van der Waals surface area contributed by atoms with Gasteiger partial charge in [0.2, 0.25) is 0 Å². The van der Waals surface area contributed by atoms with Crippen molar-refractivity contribution in [2.45, 2.75) is 33.6 Å². The molecule has 14 heavy (non-hydrogen) atoms. The fourth-order valence-electron chi connectivity index (χ4n) is 0.929. The van der Waals surface area contributed by atoms with Crippen LogP contribution in [0.3, 0.4) is 0 Å². The van der Waals surface area contributed by atoms with Crippen molar-refractivity contribution in [2.75, 3.05) is 33.0 Å². The smallest absolute Gasteiger partial charge is 0.0514 e. The molecule has 0 saturated carbocycles. The Labute approximate surface area is 88.0 Å². The van der Waals surface area contributed by atoms with Crippen LogP contribution < -0.4 is 5.73 Å². The van der Waals surface area contributed by atoms with Gasteiger partial charge in [0, 0.05) is 19.8 Å². The van der Waals surface area contributed by atoms with Crippen LogP contribution >= 0.6 is 0 Å². The van der Waals surface area contributed by atoms with E-state index < -0.39 is 0 Å². The highest BCUT2D eigenvalue weighted by Gasteiger charge is 2.09. The van der Waals surface area contributed by atoms with Crippen LogP contribution in [-0.2, 0) is 9.47 Å². The largest absolute Gasteiger partial charge is 0.381 e. The molecule has 0 fully saturated rings. The Morgan fingerprint density at radius 2 is 1.50 bits per heavy atom. The van der Waals surface area contributed by atoms with Crippen molar-refractivity contribution in [3.05, 3.63) is 0 Å². The molecule has 0 aromatic carbocycles. The maximum Gasteiger partial charge on any atom is 0.0514 e. The highest BCUT2D eigenvalue weighted by atomic mass is 16.5. The van der Waals surface area contributed by atoms with Crippen LogP contribution in [0.2, 0.25) is 0 Å². The zero-order chi connectivity index (χ0) is 10.9. The van der Waals surface area contributed by atoms with Gasteiger partial charge in [-0.2, -0.15) is 0 Å². The first kappa shape index (κ1) is 13.9. The van der Waals surface area contributed by atoms with Crippen LogP contribution in [0.15, 0.2) is 0 Å². The van der Waals surface area contributed by atoms with E-state index in [9.17, 15) is 0 Å². The molecule has 0 saturated heterocycles. The van der Waals surface area contributed by atoms with E-state index in [-0.39, 0.29) is 5.41 Å². The number of hydrogen-bond acceptors (Lipinski definition) is 3. The van der Waals surface area contributed by atoms with Crippen molar-refractivity contribution >= 4 is 0 Å². The molecule has 0 aliphatic heterocycles. The van der Waals surface area contributed by atoms with Crippen molar-refractivity contribution < 1.29 is 9.47 Å². The molecule has 0 atom stereocenters. The van der Waals surface area contributed by atoms with E-state index in [4.69, 9.17) is 15.2 Å². The molecule has 0 aromatic heterocycles. The van der Waals surface area contributed by atoms with Gasteiger partial charge in [-0.15, -0.1) is 0 Å². The molecule has 0 aliphatic carbocycles. The van der Waals surface area contributed by atoms with Gasteiger partial charge in [-0.1, -0.05) is 20.8 Å². The highest BCUT2D eigenvalue weighted by Crippen LogP contribution is 2.12. The molecule has 0 unspecified atom stereocenters. The van der Waals surface area contributed by atoms with Crippen LogP contribution in [0.5, 0.6) is 0 Å². The average molecular weight is 203 g/mol. The fourth-order valence-corrected chi connectivity index (χ4v) is 0.929. The summed E-state index contributed by atoms with van der Waals surface area (Å²) in [6.07, 6.45) is 1.92. The van der Waals surface area contributed by atoms with Crippen molar-refractivity contribution in [3.8, 4) is 0 Å². The second-order valence-corrected chi connectivity index (χ2v) is 4.72. The molecule has 86 valence electrons. The minimum absolute atomic E-state index is 0.264. The molecule has 0 radical (unpaired) electrons. The summed E-state index contributed by atoms with van der Waals surface area (Å²) in [5.41, 5.74) is 5.60. The van der Waals surface area contributed by atoms with Gasteiger partial charge in [-0.05, 0) is 24.8 Å². The monoisotopic (exact) mass is 203 g/mol. The first-order valence-corrected chi connectivity index (χ1v) is 5.42. The predicted molar refractivity (Wildman–Crippen MR) is 59.4 cm³/mol. The van der Waals surface area contributed by atoms with E-state index in [2.05, 4.69) is 20.8 Å². The molecule has 0 heterocycles. The van der Waals surface area contributed by atoms with E-state index in [1.54, 1.807) is 0 Å². The molecule has 0 aromatic rings. The van der Waals surface area contributed by atoms with Crippen LogP contribution in [0, 0.1) is 5.41 Å². The Kier molecular flexibility index (Phi) is 8.14. The summed E-state index contributed by atoms with van der Waals surface area (Å²) in [5.74, 6) is 0. The van der Waals surface area contributed by atoms with Gasteiger partial charge < -0.3 is 15.2 Å². The van der Waals surface area contributed by atoms with Crippen molar-refractivity contribution in [2.24, 2.45) is 11.1 Å². The van der Waals surface area contributed by atoms with Gasteiger partial charge in [0.05, 0.1) is 6.61 Å². The predicted octanol–water partition coefficient (Wildman–Crippen LogP) is 1.80. The zero-order valence-corrected chi connectivity index (χ0v) is 9.84. The fraction of sp³-hybridized carbons (Fsp3) is 1.00. The van der Waals surface area contributed by atoms with E-state index >= 15 is 0 Å². The third kappa shape index (κ3) is 11.9. The Hall–Kier alpha value is -0.120. The lowest BCUT2D eigenvalue weighted by atomic mass is 9.99. The van der Waals surface area contributed by atoms with Gasteiger partial charge in [-0.25, -0.2) is 0 Å². The van der Waals surface area contributed by atoms with Gasteiger partial charge in [0.1, 0.15) is 0 Å². The normalized spacial score (nSPS) is 12.0. The van der Waals surface area contributed by atoms with E-state index in [1.807, 2.05) is 0 Å². The summed E-state index contributed by atoms with van der Waals surface area (Å²) in [6.45, 7) is 10.4. The summed E-state index contributed by atoms with van der Waals surface area (Å²) >= 11 is 0. The minimum Gasteiger partial charge on any atom is -0.381 e.